The minimum Gasteiger partial charge on any atom is -0.398 e. The average molecular weight is 314 g/mol. The quantitative estimate of drug-likeness (QED) is 0.827. The second kappa shape index (κ2) is 4.71. The van der Waals surface area contributed by atoms with Crippen molar-refractivity contribution < 1.29 is 8.42 Å². The Labute approximate surface area is 120 Å². The number of benzene rings is 1. The van der Waals surface area contributed by atoms with Crippen LogP contribution in [0.5, 0.6) is 0 Å². The number of aromatic nitrogens is 4. The first-order valence-electron chi connectivity index (χ1n) is 6.00. The summed E-state index contributed by atoms with van der Waals surface area (Å²) in [6.45, 7) is 0. The number of anilines is 1. The summed E-state index contributed by atoms with van der Waals surface area (Å²) >= 11 is 5.86. The number of hydrogen-bond donors (Lipinski definition) is 1. The van der Waals surface area contributed by atoms with Crippen molar-refractivity contribution in [1.29, 1.82) is 0 Å². The molecule has 0 amide bonds. The number of halogens is 1. The number of sulfone groups is 1. The normalized spacial score (nSPS) is 21.1. The van der Waals surface area contributed by atoms with E-state index in [4.69, 9.17) is 17.3 Å². The third-order valence-corrected chi connectivity index (χ3v) is 5.29. The summed E-state index contributed by atoms with van der Waals surface area (Å²) in [5.74, 6) is 0.673. The van der Waals surface area contributed by atoms with Gasteiger partial charge in [0.15, 0.2) is 15.7 Å². The van der Waals surface area contributed by atoms with Crippen molar-refractivity contribution in [3.8, 4) is 11.4 Å². The van der Waals surface area contributed by atoms with E-state index in [9.17, 15) is 8.42 Å². The molecule has 0 saturated carbocycles. The number of tetrazole rings is 1. The van der Waals surface area contributed by atoms with Gasteiger partial charge < -0.3 is 5.73 Å². The smallest absolute Gasteiger partial charge is 0.184 e. The van der Waals surface area contributed by atoms with E-state index in [1.807, 2.05) is 0 Å². The molecule has 0 spiro atoms. The third-order valence-electron chi connectivity index (χ3n) is 3.30. The van der Waals surface area contributed by atoms with E-state index in [2.05, 4.69) is 15.5 Å². The molecule has 2 heterocycles. The largest absolute Gasteiger partial charge is 0.398 e. The Morgan fingerprint density at radius 2 is 2.20 bits per heavy atom. The molecule has 1 aliphatic heterocycles. The monoisotopic (exact) mass is 313 g/mol. The van der Waals surface area contributed by atoms with E-state index in [0.29, 0.717) is 28.5 Å². The van der Waals surface area contributed by atoms with Crippen LogP contribution in [0.3, 0.4) is 0 Å². The number of hydrogen-bond acceptors (Lipinski definition) is 6. The Bertz CT molecular complexity index is 758. The molecule has 0 radical (unpaired) electrons. The van der Waals surface area contributed by atoms with E-state index in [0.717, 1.165) is 0 Å². The van der Waals surface area contributed by atoms with Gasteiger partial charge in [0.1, 0.15) is 0 Å². The van der Waals surface area contributed by atoms with E-state index < -0.39 is 9.84 Å². The van der Waals surface area contributed by atoms with E-state index in [1.165, 1.54) is 4.68 Å². The van der Waals surface area contributed by atoms with E-state index >= 15 is 0 Å². The Hall–Kier alpha value is -1.67. The standard InChI is InChI=1S/C11H12ClN5O2S/c12-7-1-2-9(10(13)5-7)11-14-15-16-17(11)8-3-4-20(18,19)6-8/h1-2,5,8H,3-4,6,13H2. The molecule has 1 fully saturated rings. The average Bonchev–Trinajstić information content (AvgIpc) is 2.95. The highest BCUT2D eigenvalue weighted by atomic mass is 35.5. The second-order valence-corrected chi connectivity index (χ2v) is 7.40. The van der Waals surface area contributed by atoms with Crippen molar-refractivity contribution in [3.05, 3.63) is 23.2 Å². The first-order chi connectivity index (χ1) is 9.46. The molecule has 0 bridgehead atoms. The van der Waals surface area contributed by atoms with Gasteiger partial charge in [-0.15, -0.1) is 5.10 Å². The zero-order valence-electron chi connectivity index (χ0n) is 10.4. The molecule has 106 valence electrons. The van der Waals surface area contributed by atoms with Crippen molar-refractivity contribution in [2.24, 2.45) is 0 Å². The van der Waals surface area contributed by atoms with Gasteiger partial charge in [-0.25, -0.2) is 13.1 Å². The van der Waals surface area contributed by atoms with Crippen LogP contribution in [0.2, 0.25) is 5.02 Å². The van der Waals surface area contributed by atoms with Gasteiger partial charge in [0.25, 0.3) is 0 Å². The minimum atomic E-state index is -3.01. The van der Waals surface area contributed by atoms with Crippen molar-refractivity contribution in [3.63, 3.8) is 0 Å². The molecule has 1 saturated heterocycles. The van der Waals surface area contributed by atoms with Gasteiger partial charge in [-0.05, 0) is 35.0 Å². The molecule has 1 atom stereocenters. The maximum Gasteiger partial charge on any atom is 0.184 e. The molecule has 7 nitrogen and oxygen atoms in total. The molecule has 2 aromatic rings. The van der Waals surface area contributed by atoms with Crippen molar-refractivity contribution in [2.75, 3.05) is 17.2 Å². The molecule has 0 aliphatic carbocycles. The lowest BCUT2D eigenvalue weighted by Crippen LogP contribution is -2.14. The molecule has 3 rings (SSSR count). The predicted octanol–water partition coefficient (Wildman–Crippen LogP) is 0.935. The lowest BCUT2D eigenvalue weighted by atomic mass is 10.1. The van der Waals surface area contributed by atoms with Gasteiger partial charge >= 0.3 is 0 Å². The highest BCUT2D eigenvalue weighted by molar-refractivity contribution is 7.91. The molecule has 1 aromatic heterocycles. The highest BCUT2D eigenvalue weighted by Crippen LogP contribution is 2.31. The van der Waals surface area contributed by atoms with Gasteiger partial charge in [0.2, 0.25) is 0 Å². The SMILES string of the molecule is Nc1cc(Cl)ccc1-c1nnnn1C1CCS(=O)(=O)C1. The van der Waals surface area contributed by atoms with Gasteiger partial charge in [-0.3, -0.25) is 0 Å². The number of nitrogens with two attached hydrogens (primary N) is 1. The molecular weight excluding hydrogens is 302 g/mol. The Balaban J connectivity index is 2.02. The summed E-state index contributed by atoms with van der Waals surface area (Å²) < 4.78 is 24.7. The van der Waals surface area contributed by atoms with Crippen LogP contribution in [0.15, 0.2) is 18.2 Å². The van der Waals surface area contributed by atoms with Gasteiger partial charge in [-0.2, -0.15) is 0 Å². The zero-order chi connectivity index (χ0) is 14.3. The summed E-state index contributed by atoms with van der Waals surface area (Å²) in [4.78, 5) is 0. The first kappa shape index (κ1) is 13.3. The van der Waals surface area contributed by atoms with Crippen molar-refractivity contribution >= 4 is 27.1 Å². The first-order valence-corrected chi connectivity index (χ1v) is 8.20. The lowest BCUT2D eigenvalue weighted by Gasteiger charge is -2.11. The fraction of sp³-hybridized carbons (Fsp3) is 0.364. The maximum atomic E-state index is 11.6. The second-order valence-electron chi connectivity index (χ2n) is 4.74. The number of nitrogens with zero attached hydrogens (tertiary/aromatic N) is 4. The summed E-state index contributed by atoms with van der Waals surface area (Å²) in [5, 5.41) is 12.0. The fourth-order valence-corrected chi connectivity index (χ4v) is 4.19. The summed E-state index contributed by atoms with van der Waals surface area (Å²) in [6, 6.07) is 4.78. The molecule has 9 heteroatoms. The Kier molecular flexibility index (Phi) is 3.14. The van der Waals surface area contributed by atoms with Crippen molar-refractivity contribution in [2.45, 2.75) is 12.5 Å². The molecule has 1 aliphatic rings. The van der Waals surface area contributed by atoms with Crippen LogP contribution >= 0.6 is 11.6 Å². The number of rotatable bonds is 2. The van der Waals surface area contributed by atoms with Crippen LogP contribution < -0.4 is 5.73 Å². The molecule has 2 N–H and O–H groups in total. The topological polar surface area (TPSA) is 104 Å². The van der Waals surface area contributed by atoms with Gasteiger partial charge in [-0.1, -0.05) is 11.6 Å². The molecule has 1 aromatic carbocycles. The van der Waals surface area contributed by atoms with Crippen LogP contribution in [0.25, 0.3) is 11.4 Å². The van der Waals surface area contributed by atoms with E-state index in [1.54, 1.807) is 18.2 Å². The Morgan fingerprint density at radius 1 is 1.40 bits per heavy atom. The predicted molar refractivity (Wildman–Crippen MR) is 75.0 cm³/mol. The minimum absolute atomic E-state index is 0.0541. The van der Waals surface area contributed by atoms with Crippen LogP contribution in [0.1, 0.15) is 12.5 Å². The third kappa shape index (κ3) is 2.36. The van der Waals surface area contributed by atoms with Crippen LogP contribution in [-0.2, 0) is 9.84 Å². The van der Waals surface area contributed by atoms with E-state index in [-0.39, 0.29) is 17.5 Å². The summed E-state index contributed by atoms with van der Waals surface area (Å²) in [7, 11) is -3.01. The van der Waals surface area contributed by atoms with Crippen LogP contribution in [-0.4, -0.2) is 40.1 Å². The lowest BCUT2D eigenvalue weighted by molar-refractivity contribution is 0.489. The van der Waals surface area contributed by atoms with Gasteiger partial charge in [0.05, 0.1) is 17.5 Å². The highest BCUT2D eigenvalue weighted by Gasteiger charge is 2.32. The van der Waals surface area contributed by atoms with Gasteiger partial charge in [0, 0.05) is 16.3 Å². The maximum absolute atomic E-state index is 11.6. The molecule has 1 unspecified atom stereocenters. The molecule has 20 heavy (non-hydrogen) atoms. The van der Waals surface area contributed by atoms with Crippen molar-refractivity contribution in [1.82, 2.24) is 20.2 Å². The van der Waals surface area contributed by atoms with Crippen LogP contribution in [0.4, 0.5) is 5.69 Å². The Morgan fingerprint density at radius 3 is 2.85 bits per heavy atom. The fourth-order valence-electron chi connectivity index (χ4n) is 2.32. The van der Waals surface area contributed by atoms with Crippen LogP contribution in [0, 0.1) is 0 Å². The molecular formula is C11H12ClN5O2S. The summed E-state index contributed by atoms with van der Waals surface area (Å²) in [5.41, 5.74) is 7.02. The summed E-state index contributed by atoms with van der Waals surface area (Å²) in [6.07, 6.45) is 0.508. The zero-order valence-corrected chi connectivity index (χ0v) is 12.0. The number of nitrogen functional groups attached to an aromatic ring is 1.